The molecule has 0 bridgehead atoms. The summed E-state index contributed by atoms with van der Waals surface area (Å²) in [4.78, 5) is 21.4. The normalized spacial score (nSPS) is 14.4. The molecule has 0 rings (SSSR count). The van der Waals surface area contributed by atoms with Gasteiger partial charge in [0.2, 0.25) is 13.3 Å². The van der Waals surface area contributed by atoms with E-state index in [1.807, 2.05) is 0 Å². The minimum atomic E-state index is -2.64. The lowest BCUT2D eigenvalue weighted by Crippen LogP contribution is -2.24. The van der Waals surface area contributed by atoms with Crippen LogP contribution in [0.4, 0.5) is 0 Å². The minimum absolute atomic E-state index is 0.165. The molecule has 0 fully saturated rings. The van der Waals surface area contributed by atoms with Gasteiger partial charge in [0.1, 0.15) is 0 Å². The third-order valence-corrected chi connectivity index (χ3v) is 3.26. The van der Waals surface area contributed by atoms with E-state index in [1.165, 1.54) is 26.8 Å². The van der Waals surface area contributed by atoms with E-state index in [-0.39, 0.29) is 18.8 Å². The lowest BCUT2D eigenvalue weighted by molar-refractivity contribution is -0.139. The van der Waals surface area contributed by atoms with Crippen LogP contribution >= 0.6 is 7.37 Å². The SMILES string of the molecule is COP(C)(=O)C/C=C/C(=O)OCNC(C)=O. The summed E-state index contributed by atoms with van der Waals surface area (Å²) >= 11 is 0. The van der Waals surface area contributed by atoms with E-state index in [0.717, 1.165) is 6.08 Å². The van der Waals surface area contributed by atoms with Gasteiger partial charge in [0, 0.05) is 32.9 Å². The quantitative estimate of drug-likeness (QED) is 0.325. The summed E-state index contributed by atoms with van der Waals surface area (Å²) in [5.74, 6) is -0.890. The van der Waals surface area contributed by atoms with Gasteiger partial charge in [0.15, 0.2) is 6.73 Å². The molecule has 1 N–H and O–H groups in total. The van der Waals surface area contributed by atoms with Crippen molar-refractivity contribution < 1.29 is 23.4 Å². The Morgan fingerprint density at radius 3 is 2.56 bits per heavy atom. The average molecular weight is 249 g/mol. The van der Waals surface area contributed by atoms with Crippen molar-refractivity contribution in [2.75, 3.05) is 26.7 Å². The van der Waals surface area contributed by atoms with Crippen LogP contribution in [-0.4, -0.2) is 38.5 Å². The second-order valence-corrected chi connectivity index (χ2v) is 5.88. The molecule has 7 heteroatoms. The van der Waals surface area contributed by atoms with Crippen molar-refractivity contribution in [1.29, 1.82) is 0 Å². The molecule has 16 heavy (non-hydrogen) atoms. The van der Waals surface area contributed by atoms with Gasteiger partial charge in [-0.1, -0.05) is 6.08 Å². The Kier molecular flexibility index (Phi) is 6.69. The van der Waals surface area contributed by atoms with E-state index in [2.05, 4.69) is 10.1 Å². The van der Waals surface area contributed by atoms with E-state index in [9.17, 15) is 14.2 Å². The molecule has 0 aromatic rings. The number of carbonyl (C=O) groups is 2. The molecule has 0 aliphatic heterocycles. The summed E-state index contributed by atoms with van der Waals surface area (Å²) in [6.07, 6.45) is 2.73. The van der Waals surface area contributed by atoms with Crippen LogP contribution in [0.3, 0.4) is 0 Å². The molecule has 1 amide bonds. The molecule has 92 valence electrons. The molecule has 0 aromatic carbocycles. The van der Waals surface area contributed by atoms with Gasteiger partial charge in [-0.15, -0.1) is 0 Å². The van der Waals surface area contributed by atoms with E-state index in [1.54, 1.807) is 0 Å². The third-order valence-electron chi connectivity index (χ3n) is 1.61. The smallest absolute Gasteiger partial charge is 0.332 e. The van der Waals surface area contributed by atoms with Gasteiger partial charge in [-0.25, -0.2) is 4.79 Å². The highest BCUT2D eigenvalue weighted by molar-refractivity contribution is 7.58. The maximum atomic E-state index is 11.4. The fraction of sp³-hybridized carbons (Fsp3) is 0.556. The number of nitrogens with one attached hydrogen (secondary N) is 1. The number of carbonyl (C=O) groups excluding carboxylic acids is 2. The van der Waals surface area contributed by atoms with Gasteiger partial charge in [0.25, 0.3) is 0 Å². The standard InChI is InChI=1S/C9H16NO5P/c1-8(11)10-7-15-9(12)5-4-6-16(3,13)14-2/h4-5H,6-7H2,1-3H3,(H,10,11)/b5-4+. The summed E-state index contributed by atoms with van der Waals surface area (Å²) in [5, 5.41) is 2.30. The van der Waals surface area contributed by atoms with Crippen LogP contribution in [0.25, 0.3) is 0 Å². The first-order chi connectivity index (χ1) is 7.37. The van der Waals surface area contributed by atoms with Crippen molar-refractivity contribution in [2.24, 2.45) is 0 Å². The molecule has 1 atom stereocenters. The predicted molar refractivity (Wildman–Crippen MR) is 59.3 cm³/mol. The topological polar surface area (TPSA) is 81.7 Å². The maximum absolute atomic E-state index is 11.4. The van der Waals surface area contributed by atoms with Crippen LogP contribution in [0.15, 0.2) is 12.2 Å². The largest absolute Gasteiger partial charge is 0.441 e. The van der Waals surface area contributed by atoms with E-state index >= 15 is 0 Å². The first-order valence-corrected chi connectivity index (χ1v) is 6.83. The summed E-state index contributed by atoms with van der Waals surface area (Å²) in [7, 11) is -1.28. The van der Waals surface area contributed by atoms with Crippen LogP contribution in [-0.2, 0) is 23.4 Å². The van der Waals surface area contributed by atoms with E-state index in [0.29, 0.717) is 0 Å². The Bertz CT molecular complexity index is 326. The molecular formula is C9H16NO5P. The monoisotopic (exact) mass is 249 g/mol. The molecule has 0 heterocycles. The summed E-state index contributed by atoms with van der Waals surface area (Å²) in [5.41, 5.74) is 0. The molecule has 0 saturated carbocycles. The van der Waals surface area contributed by atoms with Crippen LogP contribution < -0.4 is 5.32 Å². The second-order valence-electron chi connectivity index (χ2n) is 3.12. The Balaban J connectivity index is 3.83. The Hall–Kier alpha value is -1.13. The number of hydrogen-bond donors (Lipinski definition) is 1. The molecule has 0 aliphatic carbocycles. The van der Waals surface area contributed by atoms with Crippen molar-refractivity contribution in [3.63, 3.8) is 0 Å². The Labute approximate surface area is 94.4 Å². The van der Waals surface area contributed by atoms with Gasteiger partial charge in [-0.05, 0) is 0 Å². The number of allylic oxidation sites excluding steroid dienone is 1. The molecule has 6 nitrogen and oxygen atoms in total. The molecule has 0 radical (unpaired) electrons. The first-order valence-electron chi connectivity index (χ1n) is 4.57. The van der Waals surface area contributed by atoms with E-state index in [4.69, 9.17) is 4.52 Å². The van der Waals surface area contributed by atoms with Crippen molar-refractivity contribution >= 4 is 19.2 Å². The second kappa shape index (κ2) is 7.19. The van der Waals surface area contributed by atoms with Gasteiger partial charge in [0.05, 0.1) is 0 Å². The van der Waals surface area contributed by atoms with Crippen LogP contribution in [0.2, 0.25) is 0 Å². The molecular weight excluding hydrogens is 233 g/mol. The van der Waals surface area contributed by atoms with Gasteiger partial charge in [-0.2, -0.15) is 0 Å². The highest BCUT2D eigenvalue weighted by atomic mass is 31.2. The Morgan fingerprint density at radius 1 is 1.44 bits per heavy atom. The van der Waals surface area contributed by atoms with Gasteiger partial charge < -0.3 is 14.6 Å². The highest BCUT2D eigenvalue weighted by Gasteiger charge is 2.10. The minimum Gasteiger partial charge on any atom is -0.441 e. The molecule has 0 spiro atoms. The van der Waals surface area contributed by atoms with Crippen molar-refractivity contribution in [1.82, 2.24) is 5.32 Å². The zero-order valence-corrected chi connectivity index (χ0v) is 10.5. The Morgan fingerprint density at radius 2 is 2.06 bits per heavy atom. The fourth-order valence-electron chi connectivity index (χ4n) is 0.672. The number of esters is 1. The summed E-state index contributed by atoms with van der Waals surface area (Å²) in [6.45, 7) is 2.61. The lowest BCUT2D eigenvalue weighted by atomic mass is 10.5. The number of ether oxygens (including phenoxy) is 1. The number of rotatable bonds is 6. The summed E-state index contributed by atoms with van der Waals surface area (Å²) < 4.78 is 20.7. The zero-order chi connectivity index (χ0) is 12.6. The molecule has 0 saturated heterocycles. The molecule has 0 aliphatic rings. The van der Waals surface area contributed by atoms with Gasteiger partial charge >= 0.3 is 5.97 Å². The maximum Gasteiger partial charge on any atom is 0.332 e. The highest BCUT2D eigenvalue weighted by Crippen LogP contribution is 2.40. The fourth-order valence-corrected chi connectivity index (χ4v) is 1.31. The van der Waals surface area contributed by atoms with Gasteiger partial charge in [-0.3, -0.25) is 9.36 Å². The van der Waals surface area contributed by atoms with Crippen LogP contribution in [0, 0.1) is 0 Å². The van der Waals surface area contributed by atoms with E-state index < -0.39 is 13.3 Å². The zero-order valence-electron chi connectivity index (χ0n) is 9.56. The number of amides is 1. The molecule has 0 aromatic heterocycles. The average Bonchev–Trinajstić information content (AvgIpc) is 2.17. The van der Waals surface area contributed by atoms with Crippen LogP contribution in [0.1, 0.15) is 6.92 Å². The first kappa shape index (κ1) is 14.9. The van der Waals surface area contributed by atoms with Crippen molar-refractivity contribution in [3.8, 4) is 0 Å². The third kappa shape index (κ3) is 8.20. The van der Waals surface area contributed by atoms with Crippen molar-refractivity contribution in [3.05, 3.63) is 12.2 Å². The lowest BCUT2D eigenvalue weighted by Gasteiger charge is -2.06. The summed E-state index contributed by atoms with van der Waals surface area (Å²) in [6, 6.07) is 0. The molecule has 1 unspecified atom stereocenters. The predicted octanol–water partition coefficient (Wildman–Crippen LogP) is 0.734. The van der Waals surface area contributed by atoms with Crippen molar-refractivity contribution in [2.45, 2.75) is 6.92 Å². The number of hydrogen-bond acceptors (Lipinski definition) is 5. The van der Waals surface area contributed by atoms with Crippen LogP contribution in [0.5, 0.6) is 0 Å².